The van der Waals surface area contributed by atoms with E-state index in [1.165, 1.54) is 18.5 Å². The van der Waals surface area contributed by atoms with E-state index in [4.69, 9.17) is 11.6 Å². The lowest BCUT2D eigenvalue weighted by atomic mass is 10.1. The van der Waals surface area contributed by atoms with Gasteiger partial charge in [-0.05, 0) is 27.7 Å². The van der Waals surface area contributed by atoms with Gasteiger partial charge in [0.05, 0.1) is 16.4 Å². The quantitative estimate of drug-likeness (QED) is 0.921. The molecule has 22 heavy (non-hydrogen) atoms. The van der Waals surface area contributed by atoms with Gasteiger partial charge in [0.15, 0.2) is 0 Å². The molecule has 1 amide bonds. The molecule has 2 rings (SSSR count). The number of aryl methyl sites for hydroxylation is 1. The van der Waals surface area contributed by atoms with Crippen molar-refractivity contribution in [1.29, 1.82) is 0 Å². The topological polar surface area (TPSA) is 70.7 Å². The van der Waals surface area contributed by atoms with Gasteiger partial charge in [-0.3, -0.25) is 9.48 Å². The highest BCUT2D eigenvalue weighted by atomic mass is 35.5. The summed E-state index contributed by atoms with van der Waals surface area (Å²) in [6.45, 7) is 6.32. The number of hydrazone groups is 1. The molecule has 122 valence electrons. The number of aromatic nitrogens is 2. The summed E-state index contributed by atoms with van der Waals surface area (Å²) in [5.74, 6) is -0.776. The van der Waals surface area contributed by atoms with E-state index in [2.05, 4.69) is 10.2 Å². The normalized spacial score (nSPS) is 23.1. The van der Waals surface area contributed by atoms with Gasteiger partial charge in [-0.1, -0.05) is 11.6 Å². The minimum Gasteiger partial charge on any atom is -0.364 e. The summed E-state index contributed by atoms with van der Waals surface area (Å²) in [6, 6.07) is -0.925. The van der Waals surface area contributed by atoms with Gasteiger partial charge in [-0.2, -0.15) is 15.2 Å². The molecule has 1 aromatic rings. The van der Waals surface area contributed by atoms with E-state index in [0.29, 0.717) is 21.4 Å². The number of carbonyl (C=O) groups excluding carboxylic acids is 1. The van der Waals surface area contributed by atoms with Crippen molar-refractivity contribution in [3.63, 3.8) is 0 Å². The molecule has 0 aliphatic carbocycles. The van der Waals surface area contributed by atoms with Crippen LogP contribution in [0.1, 0.15) is 37.7 Å². The van der Waals surface area contributed by atoms with Crippen LogP contribution < -0.4 is 0 Å². The lowest BCUT2D eigenvalue weighted by Crippen LogP contribution is -2.53. The maximum absolute atomic E-state index is 13.2. The Balaban J connectivity index is 2.36. The number of amides is 1. The predicted molar refractivity (Wildman–Crippen MR) is 76.9 cm³/mol. The third kappa shape index (κ3) is 2.50. The highest BCUT2D eigenvalue weighted by Crippen LogP contribution is 2.33. The summed E-state index contributed by atoms with van der Waals surface area (Å²) < 4.78 is 27.7. The number of rotatable bonds is 3. The lowest BCUT2D eigenvalue weighted by Gasteiger charge is -2.31. The fourth-order valence-corrected chi connectivity index (χ4v) is 2.58. The van der Waals surface area contributed by atoms with E-state index in [-0.39, 0.29) is 12.1 Å². The Morgan fingerprint density at radius 1 is 1.41 bits per heavy atom. The zero-order valence-corrected chi connectivity index (χ0v) is 13.4. The standard InChI is InChI=1S/C13H17ClF2N4O2/c1-6-5-13(22,12(15)16)20(17-6)11(21)9(4)19-8(3)10(14)7(2)18-19/h9,12,22H,5H2,1-4H3/t9-,13-/m0/s1. The minimum atomic E-state index is -3.13. The summed E-state index contributed by atoms with van der Waals surface area (Å²) in [7, 11) is 0. The maximum atomic E-state index is 13.2. The third-order valence-corrected chi connectivity index (χ3v) is 4.22. The van der Waals surface area contributed by atoms with Crippen LogP contribution in [0, 0.1) is 13.8 Å². The maximum Gasteiger partial charge on any atom is 0.287 e. The number of hydrogen-bond donors (Lipinski definition) is 1. The molecule has 0 spiro atoms. The lowest BCUT2D eigenvalue weighted by molar-refractivity contribution is -0.194. The van der Waals surface area contributed by atoms with Gasteiger partial charge < -0.3 is 5.11 Å². The summed E-state index contributed by atoms with van der Waals surface area (Å²) in [4.78, 5) is 12.5. The number of halogens is 3. The van der Waals surface area contributed by atoms with Crippen LogP contribution >= 0.6 is 11.6 Å². The molecule has 0 bridgehead atoms. The van der Waals surface area contributed by atoms with Crippen LogP contribution in [-0.4, -0.2) is 43.7 Å². The highest BCUT2D eigenvalue weighted by molar-refractivity contribution is 6.31. The van der Waals surface area contributed by atoms with Crippen LogP contribution in [-0.2, 0) is 4.79 Å². The highest BCUT2D eigenvalue weighted by Gasteiger charge is 2.52. The van der Waals surface area contributed by atoms with Crippen LogP contribution in [0.4, 0.5) is 8.78 Å². The first kappa shape index (κ1) is 16.8. The van der Waals surface area contributed by atoms with Crippen LogP contribution in [0.3, 0.4) is 0 Å². The van der Waals surface area contributed by atoms with Gasteiger partial charge in [0.25, 0.3) is 12.3 Å². The first-order chi connectivity index (χ1) is 10.1. The Labute approximate surface area is 131 Å². The second kappa shape index (κ2) is 5.58. The van der Waals surface area contributed by atoms with Crippen molar-refractivity contribution in [3.8, 4) is 0 Å². The summed E-state index contributed by atoms with van der Waals surface area (Å²) in [6.07, 6.45) is -3.52. The van der Waals surface area contributed by atoms with Gasteiger partial charge in [0.2, 0.25) is 5.72 Å². The zero-order valence-electron chi connectivity index (χ0n) is 12.6. The first-order valence-electron chi connectivity index (χ1n) is 6.69. The largest absolute Gasteiger partial charge is 0.364 e. The SMILES string of the molecule is CC1=NN(C(=O)[C@H](C)n2nc(C)c(Cl)c2C)[C@@](O)(C(F)F)C1. The molecule has 1 N–H and O–H groups in total. The van der Waals surface area contributed by atoms with E-state index < -0.39 is 24.1 Å². The first-order valence-corrected chi connectivity index (χ1v) is 7.07. The Kier molecular flexibility index (Phi) is 4.27. The molecule has 0 unspecified atom stereocenters. The second-order valence-corrected chi connectivity index (χ2v) is 5.82. The van der Waals surface area contributed by atoms with Gasteiger partial charge in [0, 0.05) is 12.1 Å². The Bertz CT molecular complexity index is 646. The zero-order chi connectivity index (χ0) is 16.8. The number of nitrogens with zero attached hydrogens (tertiary/aromatic N) is 4. The molecule has 0 saturated carbocycles. The Morgan fingerprint density at radius 2 is 2.00 bits per heavy atom. The van der Waals surface area contributed by atoms with E-state index in [1.807, 2.05) is 0 Å². The van der Waals surface area contributed by atoms with Crippen LogP contribution in [0.15, 0.2) is 5.10 Å². The van der Waals surface area contributed by atoms with E-state index in [0.717, 1.165) is 0 Å². The Hall–Kier alpha value is -1.54. The average Bonchev–Trinajstić information content (AvgIpc) is 2.89. The molecular formula is C13H17ClF2N4O2. The van der Waals surface area contributed by atoms with Gasteiger partial charge in [0.1, 0.15) is 6.04 Å². The van der Waals surface area contributed by atoms with Crippen molar-refractivity contribution in [3.05, 3.63) is 16.4 Å². The van der Waals surface area contributed by atoms with Crippen molar-refractivity contribution in [2.24, 2.45) is 5.10 Å². The smallest absolute Gasteiger partial charge is 0.287 e. The van der Waals surface area contributed by atoms with Crippen molar-refractivity contribution in [1.82, 2.24) is 14.8 Å². The van der Waals surface area contributed by atoms with E-state index in [9.17, 15) is 18.7 Å². The number of alkyl halides is 2. The number of hydrogen-bond acceptors (Lipinski definition) is 4. The predicted octanol–water partition coefficient (Wildman–Crippen LogP) is 2.28. The molecule has 2 atom stereocenters. The van der Waals surface area contributed by atoms with Crippen molar-refractivity contribution >= 4 is 23.2 Å². The van der Waals surface area contributed by atoms with Gasteiger partial charge >= 0.3 is 0 Å². The third-order valence-electron chi connectivity index (χ3n) is 3.67. The van der Waals surface area contributed by atoms with Crippen molar-refractivity contribution in [2.45, 2.75) is 52.3 Å². The molecule has 1 aliphatic rings. The van der Waals surface area contributed by atoms with Crippen LogP contribution in [0.5, 0.6) is 0 Å². The molecule has 1 aliphatic heterocycles. The molecule has 0 fully saturated rings. The van der Waals surface area contributed by atoms with Gasteiger partial charge in [-0.25, -0.2) is 8.78 Å². The van der Waals surface area contributed by atoms with Crippen LogP contribution in [0.2, 0.25) is 5.02 Å². The second-order valence-electron chi connectivity index (χ2n) is 5.45. The summed E-state index contributed by atoms with van der Waals surface area (Å²) >= 11 is 6.03. The monoisotopic (exact) mass is 334 g/mol. The average molecular weight is 335 g/mol. The molecular weight excluding hydrogens is 318 g/mol. The molecule has 1 aromatic heterocycles. The molecule has 6 nitrogen and oxygen atoms in total. The molecule has 0 radical (unpaired) electrons. The fraction of sp³-hybridized carbons (Fsp3) is 0.615. The minimum absolute atomic E-state index is 0.259. The van der Waals surface area contributed by atoms with Crippen molar-refractivity contribution in [2.75, 3.05) is 0 Å². The molecule has 0 aromatic carbocycles. The van der Waals surface area contributed by atoms with E-state index in [1.54, 1.807) is 13.8 Å². The number of aliphatic hydroxyl groups is 1. The van der Waals surface area contributed by atoms with Gasteiger partial charge in [-0.15, -0.1) is 0 Å². The summed E-state index contributed by atoms with van der Waals surface area (Å²) in [5, 5.41) is 18.8. The molecule has 2 heterocycles. The summed E-state index contributed by atoms with van der Waals surface area (Å²) in [5.41, 5.74) is -1.28. The number of carbonyl (C=O) groups is 1. The Morgan fingerprint density at radius 3 is 2.45 bits per heavy atom. The van der Waals surface area contributed by atoms with E-state index >= 15 is 0 Å². The van der Waals surface area contributed by atoms with Crippen LogP contribution in [0.25, 0.3) is 0 Å². The van der Waals surface area contributed by atoms with Crippen molar-refractivity contribution < 1.29 is 18.7 Å². The fourth-order valence-electron chi connectivity index (χ4n) is 2.46. The molecule has 0 saturated heterocycles. The molecule has 9 heteroatoms.